The van der Waals surface area contributed by atoms with Crippen LogP contribution in [0.4, 0.5) is 28.4 Å². The summed E-state index contributed by atoms with van der Waals surface area (Å²) in [4.78, 5) is 15.9. The van der Waals surface area contributed by atoms with Gasteiger partial charge in [0.25, 0.3) is 0 Å². The fourth-order valence-electron chi connectivity index (χ4n) is 5.96. The Morgan fingerprint density at radius 2 is 1.22 bits per heavy atom. The minimum absolute atomic E-state index is 0.379. The van der Waals surface area contributed by atoms with E-state index in [9.17, 15) is 4.79 Å². The van der Waals surface area contributed by atoms with Gasteiger partial charge in [-0.15, -0.1) is 0 Å². The number of aryl methyl sites for hydroxylation is 1. The number of carbonyl (C=O) groups excluding carboxylic acids is 1. The summed E-state index contributed by atoms with van der Waals surface area (Å²) >= 11 is 0. The number of anilines is 5. The van der Waals surface area contributed by atoms with Gasteiger partial charge < -0.3 is 25.0 Å². The van der Waals surface area contributed by atoms with Gasteiger partial charge in [0.2, 0.25) is 0 Å². The third-order valence-corrected chi connectivity index (χ3v) is 7.83. The Hall–Kier alpha value is -5.23. The number of nitrogens with one attached hydrogen (secondary N) is 2. The molecule has 6 nitrogen and oxygen atoms in total. The molecule has 1 spiro atoms. The molecule has 41 heavy (non-hydrogen) atoms. The molecule has 2 N–H and O–H groups in total. The minimum atomic E-state index is -1.10. The van der Waals surface area contributed by atoms with Gasteiger partial charge in [0, 0.05) is 30.8 Å². The number of benzene rings is 5. The second-order valence-electron chi connectivity index (χ2n) is 10.6. The van der Waals surface area contributed by atoms with Crippen LogP contribution in [0.25, 0.3) is 0 Å². The molecular weight excluding hydrogens is 510 g/mol. The highest BCUT2D eigenvalue weighted by Crippen LogP contribution is 2.57. The van der Waals surface area contributed by atoms with Crippen LogP contribution in [0.5, 0.6) is 11.5 Å². The van der Waals surface area contributed by atoms with Gasteiger partial charge in [-0.1, -0.05) is 72.8 Å². The Bertz CT molecular complexity index is 1780. The maximum atomic E-state index is 13.8. The summed E-state index contributed by atoms with van der Waals surface area (Å²) in [6, 6.07) is 35.7. The number of carbonyl (C=O) groups is 1. The molecular formula is C35H29N3O3. The van der Waals surface area contributed by atoms with Gasteiger partial charge in [-0.25, -0.2) is 4.79 Å². The number of rotatable bonds is 5. The van der Waals surface area contributed by atoms with Crippen molar-refractivity contribution in [1.29, 1.82) is 0 Å². The fourth-order valence-corrected chi connectivity index (χ4v) is 5.96. The topological polar surface area (TPSA) is 62.8 Å². The Morgan fingerprint density at radius 3 is 1.95 bits per heavy atom. The second kappa shape index (κ2) is 9.45. The monoisotopic (exact) mass is 539 g/mol. The molecule has 2 aliphatic heterocycles. The van der Waals surface area contributed by atoms with Crippen molar-refractivity contribution in [3.63, 3.8) is 0 Å². The Morgan fingerprint density at radius 1 is 0.634 bits per heavy atom. The van der Waals surface area contributed by atoms with Crippen LogP contribution in [0.3, 0.4) is 0 Å². The van der Waals surface area contributed by atoms with Gasteiger partial charge in [0.15, 0.2) is 5.60 Å². The van der Waals surface area contributed by atoms with Gasteiger partial charge in [0.1, 0.15) is 11.5 Å². The van der Waals surface area contributed by atoms with Crippen LogP contribution in [0.15, 0.2) is 109 Å². The summed E-state index contributed by atoms with van der Waals surface area (Å²) < 4.78 is 12.6. The fraction of sp³-hybridized carbons (Fsp3) is 0.114. The number of fused-ring (bicyclic) bond motifs is 6. The van der Waals surface area contributed by atoms with Gasteiger partial charge in [0.05, 0.1) is 34.0 Å². The van der Waals surface area contributed by atoms with Crippen molar-refractivity contribution in [3.05, 3.63) is 137 Å². The van der Waals surface area contributed by atoms with E-state index in [4.69, 9.17) is 9.47 Å². The minimum Gasteiger partial charge on any atom is -0.456 e. The van der Waals surface area contributed by atoms with E-state index in [0.717, 1.165) is 45.0 Å². The average molecular weight is 540 g/mol. The normalized spacial score (nSPS) is 13.9. The molecule has 7 rings (SSSR count). The molecule has 2 aliphatic rings. The third-order valence-electron chi connectivity index (χ3n) is 7.83. The first-order valence-electron chi connectivity index (χ1n) is 13.6. The summed E-state index contributed by atoms with van der Waals surface area (Å²) in [5.74, 6) is 0.973. The molecule has 0 fully saturated rings. The van der Waals surface area contributed by atoms with Crippen LogP contribution in [-0.2, 0) is 10.3 Å². The zero-order valence-corrected chi connectivity index (χ0v) is 23.1. The molecule has 0 aromatic heterocycles. The zero-order valence-electron chi connectivity index (χ0n) is 23.1. The van der Waals surface area contributed by atoms with E-state index < -0.39 is 5.60 Å². The molecule has 0 aliphatic carbocycles. The van der Waals surface area contributed by atoms with Crippen LogP contribution in [0.1, 0.15) is 32.6 Å². The predicted molar refractivity (Wildman–Crippen MR) is 163 cm³/mol. The van der Waals surface area contributed by atoms with Crippen molar-refractivity contribution in [2.24, 2.45) is 0 Å². The summed E-state index contributed by atoms with van der Waals surface area (Å²) in [5, 5.41) is 7.21. The van der Waals surface area contributed by atoms with Crippen LogP contribution in [0.2, 0.25) is 0 Å². The van der Waals surface area contributed by atoms with E-state index in [-0.39, 0.29) is 5.97 Å². The molecule has 2 heterocycles. The molecule has 0 atom stereocenters. The van der Waals surface area contributed by atoms with Gasteiger partial charge >= 0.3 is 5.97 Å². The lowest BCUT2D eigenvalue weighted by Crippen LogP contribution is -2.32. The van der Waals surface area contributed by atoms with E-state index in [0.29, 0.717) is 22.7 Å². The summed E-state index contributed by atoms with van der Waals surface area (Å²) in [5.41, 5.74) is 7.38. The molecule has 0 unspecified atom stereocenters. The lowest BCUT2D eigenvalue weighted by atomic mass is 9.77. The van der Waals surface area contributed by atoms with E-state index in [1.165, 1.54) is 0 Å². The predicted octanol–water partition coefficient (Wildman–Crippen LogP) is 8.12. The first-order valence-corrected chi connectivity index (χ1v) is 13.6. The Kier molecular flexibility index (Phi) is 5.71. The number of hydrogen-bond donors (Lipinski definition) is 2. The highest BCUT2D eigenvalue weighted by Gasteiger charge is 2.54. The Balaban J connectivity index is 1.36. The largest absolute Gasteiger partial charge is 0.456 e. The molecule has 0 saturated heterocycles. The number of esters is 1. The van der Waals surface area contributed by atoms with E-state index in [1.54, 1.807) is 0 Å². The molecule has 5 aromatic rings. The summed E-state index contributed by atoms with van der Waals surface area (Å²) in [7, 11) is 4.05. The van der Waals surface area contributed by atoms with Crippen molar-refractivity contribution in [1.82, 2.24) is 0 Å². The molecule has 0 amide bonds. The second-order valence-corrected chi connectivity index (χ2v) is 10.6. The van der Waals surface area contributed by atoms with Gasteiger partial charge in [-0.05, 0) is 48.9 Å². The summed E-state index contributed by atoms with van der Waals surface area (Å²) in [6.07, 6.45) is 0. The number of ether oxygens (including phenoxy) is 2. The number of para-hydroxylation sites is 5. The van der Waals surface area contributed by atoms with Crippen LogP contribution in [-0.4, -0.2) is 20.1 Å². The third kappa shape index (κ3) is 3.83. The van der Waals surface area contributed by atoms with Crippen LogP contribution >= 0.6 is 0 Å². The van der Waals surface area contributed by atoms with E-state index >= 15 is 0 Å². The van der Waals surface area contributed by atoms with Crippen LogP contribution in [0, 0.1) is 6.92 Å². The van der Waals surface area contributed by atoms with Gasteiger partial charge in [-0.3, -0.25) is 0 Å². The first kappa shape index (κ1) is 24.8. The van der Waals surface area contributed by atoms with Crippen molar-refractivity contribution in [2.45, 2.75) is 12.5 Å². The van der Waals surface area contributed by atoms with Crippen molar-refractivity contribution in [2.75, 3.05) is 29.6 Å². The Labute approximate surface area is 239 Å². The van der Waals surface area contributed by atoms with Crippen LogP contribution < -0.4 is 20.3 Å². The summed E-state index contributed by atoms with van der Waals surface area (Å²) in [6.45, 7) is 2.05. The van der Waals surface area contributed by atoms with Crippen molar-refractivity contribution >= 4 is 34.4 Å². The molecule has 0 bridgehead atoms. The smallest absolute Gasteiger partial charge is 0.342 e. The molecule has 0 saturated carbocycles. The van der Waals surface area contributed by atoms with Crippen molar-refractivity contribution < 1.29 is 14.3 Å². The maximum absolute atomic E-state index is 13.8. The van der Waals surface area contributed by atoms with Crippen molar-refractivity contribution in [3.8, 4) is 11.5 Å². The zero-order chi connectivity index (χ0) is 28.1. The first-order chi connectivity index (χ1) is 20.0. The highest BCUT2D eigenvalue weighted by molar-refractivity contribution is 6.03. The lowest BCUT2D eigenvalue weighted by molar-refractivity contribution is 0.0225. The molecule has 6 heteroatoms. The molecule has 202 valence electrons. The number of nitrogens with zero attached hydrogens (tertiary/aromatic N) is 1. The standard InChI is InChI=1S/C35H29N3O3/c1-22-12-10-18-28(36-26-16-6-7-19-29(26)38(2)3)33(22)37-27-17-11-15-25-32(27)34(39)41-35(25)23-13-4-8-20-30(23)40-31-21-9-5-14-24(31)35/h4-21,36-37H,1-3H3. The molecule has 0 radical (unpaired) electrons. The molecule has 5 aromatic carbocycles. The van der Waals surface area contributed by atoms with E-state index in [1.807, 2.05) is 105 Å². The van der Waals surface area contributed by atoms with E-state index in [2.05, 4.69) is 40.7 Å². The maximum Gasteiger partial charge on any atom is 0.342 e. The lowest BCUT2D eigenvalue weighted by Gasteiger charge is -2.36. The average Bonchev–Trinajstić information content (AvgIpc) is 3.28. The number of hydrogen-bond acceptors (Lipinski definition) is 6. The highest BCUT2D eigenvalue weighted by atomic mass is 16.6. The SMILES string of the molecule is Cc1cccc(Nc2ccccc2N(C)C)c1Nc1cccc2c1C(=O)OC21c2ccccc2Oc2ccccc21. The quantitative estimate of drug-likeness (QED) is 0.220. The van der Waals surface area contributed by atoms with Gasteiger partial charge in [-0.2, -0.15) is 0 Å².